The maximum Gasteiger partial charge on any atom is 0.0760 e. The van der Waals surface area contributed by atoms with Crippen LogP contribution in [0.2, 0.25) is 0 Å². The van der Waals surface area contributed by atoms with Crippen LogP contribution in [0.25, 0.3) is 0 Å². The molecule has 1 N–H and O–H groups in total. The third-order valence-electron chi connectivity index (χ3n) is 4.02. The number of nitrogens with zero attached hydrogens (tertiary/aromatic N) is 1. The van der Waals surface area contributed by atoms with Gasteiger partial charge in [0.25, 0.3) is 0 Å². The van der Waals surface area contributed by atoms with Gasteiger partial charge in [0.15, 0.2) is 0 Å². The zero-order valence-electron chi connectivity index (χ0n) is 14.8. The van der Waals surface area contributed by atoms with E-state index in [2.05, 4.69) is 58.7 Å². The molecule has 0 radical (unpaired) electrons. The normalized spacial score (nSPS) is 25.4. The van der Waals surface area contributed by atoms with Crippen LogP contribution in [0.4, 0.5) is 0 Å². The molecule has 1 fully saturated rings. The van der Waals surface area contributed by atoms with Gasteiger partial charge >= 0.3 is 0 Å². The van der Waals surface area contributed by atoms with Crippen molar-refractivity contribution in [3.05, 3.63) is 0 Å². The summed E-state index contributed by atoms with van der Waals surface area (Å²) in [5.41, 5.74) is 0.258. The molecule has 1 heterocycles. The van der Waals surface area contributed by atoms with Crippen molar-refractivity contribution in [2.75, 3.05) is 32.7 Å². The number of hydrogen-bond donors (Lipinski definition) is 1. The lowest BCUT2D eigenvalue weighted by Crippen LogP contribution is -2.59. The topological polar surface area (TPSA) is 24.5 Å². The molecule has 0 aliphatic carbocycles. The van der Waals surface area contributed by atoms with E-state index in [9.17, 15) is 0 Å². The van der Waals surface area contributed by atoms with E-state index in [1.807, 2.05) is 0 Å². The molecule has 0 aromatic heterocycles. The maximum absolute atomic E-state index is 6.19. The molecule has 0 spiro atoms. The van der Waals surface area contributed by atoms with Crippen LogP contribution in [0, 0.1) is 5.41 Å². The lowest BCUT2D eigenvalue weighted by Gasteiger charge is -2.49. The van der Waals surface area contributed by atoms with Gasteiger partial charge in [-0.1, -0.05) is 27.2 Å². The Morgan fingerprint density at radius 3 is 2.10 bits per heavy atom. The Bertz CT molecular complexity index is 285. The van der Waals surface area contributed by atoms with Gasteiger partial charge in [0.2, 0.25) is 0 Å². The van der Waals surface area contributed by atoms with Gasteiger partial charge in [-0.2, -0.15) is 0 Å². The van der Waals surface area contributed by atoms with Crippen molar-refractivity contribution in [3.8, 4) is 0 Å². The zero-order valence-corrected chi connectivity index (χ0v) is 14.8. The Morgan fingerprint density at radius 1 is 1.10 bits per heavy atom. The van der Waals surface area contributed by atoms with Crippen LogP contribution in [0.5, 0.6) is 0 Å². The Hall–Kier alpha value is -0.120. The summed E-state index contributed by atoms with van der Waals surface area (Å²) < 4.78 is 6.19. The molecule has 1 saturated heterocycles. The van der Waals surface area contributed by atoms with Crippen molar-refractivity contribution >= 4 is 0 Å². The smallest absolute Gasteiger partial charge is 0.0760 e. The largest absolute Gasteiger partial charge is 0.367 e. The Morgan fingerprint density at radius 2 is 1.65 bits per heavy atom. The van der Waals surface area contributed by atoms with Crippen molar-refractivity contribution in [2.24, 2.45) is 5.41 Å². The van der Waals surface area contributed by atoms with Crippen molar-refractivity contribution in [1.82, 2.24) is 10.2 Å². The first-order chi connectivity index (χ1) is 9.11. The molecule has 0 bridgehead atoms. The first kappa shape index (κ1) is 17.9. The standard InChI is InChI=1S/C17H36N2O/c1-8-10-17(7,11-18-9-2)14-19-12-15(3,4)20-16(5,6)13-19/h18H,8-14H2,1-7H3. The summed E-state index contributed by atoms with van der Waals surface area (Å²) in [5, 5.41) is 3.55. The van der Waals surface area contributed by atoms with E-state index in [1.165, 1.54) is 12.8 Å². The number of nitrogens with one attached hydrogen (secondary N) is 1. The van der Waals surface area contributed by atoms with Crippen LogP contribution in [0.3, 0.4) is 0 Å². The summed E-state index contributed by atoms with van der Waals surface area (Å²) in [6.45, 7) is 21.1. The average molecular weight is 284 g/mol. The first-order valence-electron chi connectivity index (χ1n) is 8.25. The van der Waals surface area contributed by atoms with Gasteiger partial charge in [-0.25, -0.2) is 0 Å². The summed E-state index contributed by atoms with van der Waals surface area (Å²) in [7, 11) is 0. The summed E-state index contributed by atoms with van der Waals surface area (Å²) in [6, 6.07) is 0. The molecule has 0 aromatic carbocycles. The highest BCUT2D eigenvalue weighted by Crippen LogP contribution is 2.32. The summed E-state index contributed by atoms with van der Waals surface area (Å²) >= 11 is 0. The van der Waals surface area contributed by atoms with Crippen LogP contribution < -0.4 is 5.32 Å². The van der Waals surface area contributed by atoms with E-state index in [-0.39, 0.29) is 11.2 Å². The van der Waals surface area contributed by atoms with E-state index < -0.39 is 0 Å². The highest BCUT2D eigenvalue weighted by molar-refractivity contribution is 4.92. The molecule has 3 nitrogen and oxygen atoms in total. The van der Waals surface area contributed by atoms with Crippen LogP contribution in [-0.4, -0.2) is 48.8 Å². The highest BCUT2D eigenvalue weighted by Gasteiger charge is 2.40. The fourth-order valence-corrected chi connectivity index (χ4v) is 3.85. The first-order valence-corrected chi connectivity index (χ1v) is 8.25. The molecule has 1 aliphatic heterocycles. The fourth-order valence-electron chi connectivity index (χ4n) is 3.85. The molecule has 1 atom stereocenters. The van der Waals surface area contributed by atoms with E-state index in [0.717, 1.165) is 32.7 Å². The average Bonchev–Trinajstić information content (AvgIpc) is 2.22. The molecule has 0 amide bonds. The SMILES string of the molecule is CCCC(C)(CNCC)CN1CC(C)(C)OC(C)(C)C1. The van der Waals surface area contributed by atoms with Crippen LogP contribution in [0.1, 0.15) is 61.3 Å². The van der Waals surface area contributed by atoms with Crippen molar-refractivity contribution in [3.63, 3.8) is 0 Å². The summed E-state index contributed by atoms with van der Waals surface area (Å²) in [5.74, 6) is 0. The second-order valence-electron chi connectivity index (χ2n) is 8.11. The van der Waals surface area contributed by atoms with E-state index in [4.69, 9.17) is 4.74 Å². The van der Waals surface area contributed by atoms with Gasteiger partial charge in [-0.3, -0.25) is 4.90 Å². The number of rotatable bonds is 7. The lowest BCUT2D eigenvalue weighted by molar-refractivity contribution is -0.184. The molecule has 1 rings (SSSR count). The second kappa shape index (κ2) is 6.76. The molecule has 120 valence electrons. The van der Waals surface area contributed by atoms with Gasteiger partial charge in [0.1, 0.15) is 0 Å². The molecule has 0 aromatic rings. The van der Waals surface area contributed by atoms with Gasteiger partial charge < -0.3 is 10.1 Å². The summed E-state index contributed by atoms with van der Waals surface area (Å²) in [4.78, 5) is 2.61. The minimum absolute atomic E-state index is 0.0486. The maximum atomic E-state index is 6.19. The van der Waals surface area contributed by atoms with E-state index >= 15 is 0 Å². The predicted octanol–water partition coefficient (Wildman–Crippen LogP) is 3.29. The quantitative estimate of drug-likeness (QED) is 0.776. The van der Waals surface area contributed by atoms with Crippen LogP contribution >= 0.6 is 0 Å². The Labute approximate surface area is 126 Å². The van der Waals surface area contributed by atoms with Crippen LogP contribution in [-0.2, 0) is 4.74 Å². The minimum Gasteiger partial charge on any atom is -0.367 e. The highest BCUT2D eigenvalue weighted by atomic mass is 16.5. The monoisotopic (exact) mass is 284 g/mol. The number of ether oxygens (including phenoxy) is 1. The van der Waals surface area contributed by atoms with Crippen molar-refractivity contribution in [1.29, 1.82) is 0 Å². The molecule has 0 saturated carbocycles. The predicted molar refractivity (Wildman–Crippen MR) is 87.2 cm³/mol. The van der Waals surface area contributed by atoms with Crippen molar-refractivity contribution < 1.29 is 4.74 Å². The van der Waals surface area contributed by atoms with Gasteiger partial charge in [0, 0.05) is 26.2 Å². The third kappa shape index (κ3) is 5.71. The van der Waals surface area contributed by atoms with E-state index in [1.54, 1.807) is 0 Å². The molecular weight excluding hydrogens is 248 g/mol. The second-order valence-corrected chi connectivity index (χ2v) is 8.11. The van der Waals surface area contributed by atoms with E-state index in [0.29, 0.717) is 5.41 Å². The number of hydrogen-bond acceptors (Lipinski definition) is 3. The summed E-state index contributed by atoms with van der Waals surface area (Å²) in [6.07, 6.45) is 2.53. The Kier molecular flexibility index (Phi) is 6.06. The molecule has 3 heteroatoms. The van der Waals surface area contributed by atoms with Crippen LogP contribution in [0.15, 0.2) is 0 Å². The lowest BCUT2D eigenvalue weighted by atomic mass is 9.83. The Balaban J connectivity index is 2.71. The molecule has 20 heavy (non-hydrogen) atoms. The van der Waals surface area contributed by atoms with Gasteiger partial charge in [-0.15, -0.1) is 0 Å². The van der Waals surface area contributed by atoms with Crippen molar-refractivity contribution in [2.45, 2.75) is 72.5 Å². The molecular formula is C17H36N2O. The van der Waals surface area contributed by atoms with Gasteiger partial charge in [-0.05, 0) is 46.1 Å². The molecule has 1 aliphatic rings. The fraction of sp³-hybridized carbons (Fsp3) is 1.00. The minimum atomic E-state index is -0.0486. The molecule has 1 unspecified atom stereocenters. The zero-order chi connectivity index (χ0) is 15.4. The number of morpholine rings is 1. The van der Waals surface area contributed by atoms with Gasteiger partial charge in [0.05, 0.1) is 11.2 Å². The third-order valence-corrected chi connectivity index (χ3v) is 4.02.